The van der Waals surface area contributed by atoms with E-state index in [9.17, 15) is 40.0 Å². The molecule has 2 N–H and O–H groups in total. The Balaban J connectivity index is 0.000000309. The fourth-order valence-electron chi connectivity index (χ4n) is 4.42. The zero-order valence-electron chi connectivity index (χ0n) is 24.7. The summed E-state index contributed by atoms with van der Waals surface area (Å²) in [6.07, 6.45) is -4.71. The van der Waals surface area contributed by atoms with E-state index in [4.69, 9.17) is 0 Å². The van der Waals surface area contributed by atoms with Gasteiger partial charge in [0, 0.05) is 44.2 Å². The number of nitrogens with one attached hydrogen (secondary N) is 2. The van der Waals surface area contributed by atoms with Gasteiger partial charge in [0.2, 0.25) is 22.3 Å². The zero-order valence-corrected chi connectivity index (χ0v) is 25.5. The van der Waals surface area contributed by atoms with Gasteiger partial charge < -0.3 is 15.0 Å². The Kier molecular flexibility index (Phi) is 11.8. The lowest BCUT2D eigenvalue weighted by Gasteiger charge is -2.39. The molecule has 2 aliphatic heterocycles. The molecule has 18 heteroatoms. The van der Waals surface area contributed by atoms with Crippen LogP contribution in [0.4, 0.5) is 22.0 Å². The number of hydrogen-bond donors (Lipinski definition) is 2. The summed E-state index contributed by atoms with van der Waals surface area (Å²) in [4.78, 5) is 23.9. The summed E-state index contributed by atoms with van der Waals surface area (Å²) in [5, 5.41) is 11.4. The van der Waals surface area contributed by atoms with Crippen LogP contribution in [0.2, 0.25) is 0 Å². The molecule has 1 unspecified atom stereocenters. The first-order chi connectivity index (χ1) is 21.1. The van der Waals surface area contributed by atoms with Gasteiger partial charge in [0.05, 0.1) is 4.90 Å². The van der Waals surface area contributed by atoms with Gasteiger partial charge in [-0.05, 0) is 43.7 Å². The molecule has 4 rings (SSSR count). The molecule has 2 aromatic carbocycles. The molecule has 2 atom stereocenters. The van der Waals surface area contributed by atoms with Crippen molar-refractivity contribution < 1.29 is 44.7 Å². The van der Waals surface area contributed by atoms with E-state index in [2.05, 4.69) is 25.8 Å². The number of rotatable bonds is 10. The van der Waals surface area contributed by atoms with E-state index >= 15 is 0 Å². The van der Waals surface area contributed by atoms with Gasteiger partial charge in [-0.2, -0.15) is 14.8 Å². The molecular formula is C27H34F5N7O5S. The molecule has 248 valence electrons. The van der Waals surface area contributed by atoms with Crippen LogP contribution in [0.3, 0.4) is 0 Å². The largest absolute Gasteiger partial charge is 0.573 e. The van der Waals surface area contributed by atoms with Gasteiger partial charge in [-0.3, -0.25) is 9.59 Å². The molecule has 45 heavy (non-hydrogen) atoms. The van der Waals surface area contributed by atoms with Crippen molar-refractivity contribution >= 4 is 22.3 Å². The van der Waals surface area contributed by atoms with E-state index in [1.807, 2.05) is 0 Å². The average molecular weight is 664 g/mol. The number of hydrogen-bond acceptors (Lipinski definition) is 9. The number of hydrazine groups is 1. The molecule has 2 aliphatic rings. The van der Waals surface area contributed by atoms with Crippen molar-refractivity contribution in [1.82, 2.24) is 25.1 Å². The summed E-state index contributed by atoms with van der Waals surface area (Å²) in [7, 11) is -3.95. The maximum Gasteiger partial charge on any atom is 0.573 e. The maximum absolute atomic E-state index is 13.2. The lowest BCUT2D eigenvalue weighted by atomic mass is 10.0. The number of halogens is 5. The van der Waals surface area contributed by atoms with E-state index in [1.54, 1.807) is 26.0 Å². The normalized spacial score (nSPS) is 19.1. The van der Waals surface area contributed by atoms with E-state index in [0.29, 0.717) is 13.0 Å². The summed E-state index contributed by atoms with van der Waals surface area (Å²) < 4.78 is 94.0. The highest BCUT2D eigenvalue weighted by Crippen LogP contribution is 2.31. The SMILES string of the molecule is CC1N=NN(CC(=O)N2CCN(S(=O)(=O)c3ccc(OC(F)(F)F)cc3)[C@@H](C)C2)N1.CCC(F)(F)c1ccc(CNC=O)cc1. The molecule has 0 aromatic heterocycles. The number of alkyl halides is 5. The molecule has 1 saturated heterocycles. The first kappa shape index (κ1) is 35.6. The first-order valence-electron chi connectivity index (χ1n) is 13.8. The first-order valence-corrected chi connectivity index (χ1v) is 15.2. The monoisotopic (exact) mass is 663 g/mol. The van der Waals surface area contributed by atoms with E-state index in [-0.39, 0.29) is 55.1 Å². The van der Waals surface area contributed by atoms with E-state index in [1.165, 1.54) is 33.4 Å². The number of sulfonamides is 1. The van der Waals surface area contributed by atoms with Crippen molar-refractivity contribution in [2.45, 2.75) is 63.1 Å². The molecule has 12 nitrogen and oxygen atoms in total. The van der Waals surface area contributed by atoms with Crippen LogP contribution in [0.15, 0.2) is 63.8 Å². The highest BCUT2D eigenvalue weighted by atomic mass is 32.2. The number of carbonyl (C=O) groups is 2. The van der Waals surface area contributed by atoms with Gasteiger partial charge >= 0.3 is 6.36 Å². The summed E-state index contributed by atoms with van der Waals surface area (Å²) >= 11 is 0. The number of nitrogens with zero attached hydrogens (tertiary/aromatic N) is 5. The third-order valence-corrected chi connectivity index (χ3v) is 8.77. The van der Waals surface area contributed by atoms with E-state index < -0.39 is 34.1 Å². The fourth-order valence-corrected chi connectivity index (χ4v) is 6.03. The second-order valence-electron chi connectivity index (χ2n) is 10.1. The topological polar surface area (TPSA) is 136 Å². The number of piperazine rings is 1. The highest BCUT2D eigenvalue weighted by Gasteiger charge is 2.36. The van der Waals surface area contributed by atoms with Crippen molar-refractivity contribution in [2.75, 3.05) is 26.2 Å². The molecule has 2 heterocycles. The predicted octanol–water partition coefficient (Wildman–Crippen LogP) is 3.77. The Hall–Kier alpha value is -3.90. The Morgan fingerprint density at radius 2 is 1.71 bits per heavy atom. The van der Waals surface area contributed by atoms with Crippen LogP contribution < -0.4 is 15.5 Å². The summed E-state index contributed by atoms with van der Waals surface area (Å²) in [5.41, 5.74) is 3.69. The van der Waals surface area contributed by atoms with Crippen molar-refractivity contribution in [1.29, 1.82) is 0 Å². The lowest BCUT2D eigenvalue weighted by Crippen LogP contribution is -2.56. The van der Waals surface area contributed by atoms with Gasteiger partial charge in [0.1, 0.15) is 18.5 Å². The summed E-state index contributed by atoms with van der Waals surface area (Å²) in [6.45, 7) is 5.63. The van der Waals surface area contributed by atoms with Gasteiger partial charge in [0.25, 0.3) is 5.92 Å². The van der Waals surface area contributed by atoms with Crippen LogP contribution in [-0.2, 0) is 32.1 Å². The second kappa shape index (κ2) is 14.9. The molecule has 0 aliphatic carbocycles. The Morgan fingerprint density at radius 1 is 1.07 bits per heavy atom. The Labute approximate surface area is 257 Å². The number of benzene rings is 2. The smallest absolute Gasteiger partial charge is 0.406 e. The maximum atomic E-state index is 13.2. The number of ether oxygens (including phenoxy) is 1. The summed E-state index contributed by atoms with van der Waals surface area (Å²) in [6, 6.07) is 9.47. The summed E-state index contributed by atoms with van der Waals surface area (Å²) in [5.74, 6) is -3.50. The van der Waals surface area contributed by atoms with E-state index in [0.717, 1.165) is 29.8 Å². The van der Waals surface area contributed by atoms with Crippen LogP contribution in [0.25, 0.3) is 0 Å². The molecule has 0 spiro atoms. The van der Waals surface area contributed by atoms with Gasteiger partial charge in [0.15, 0.2) is 0 Å². The molecule has 1 fully saturated rings. The van der Waals surface area contributed by atoms with Crippen molar-refractivity contribution in [3.8, 4) is 5.75 Å². The van der Waals surface area contributed by atoms with Crippen LogP contribution in [0.1, 0.15) is 38.3 Å². The number of carbonyl (C=O) groups excluding carboxylic acids is 2. The molecular weight excluding hydrogens is 629 g/mol. The van der Waals surface area contributed by atoms with Gasteiger partial charge in [-0.15, -0.1) is 18.3 Å². The van der Waals surface area contributed by atoms with Gasteiger partial charge in [-0.25, -0.2) is 17.2 Å². The zero-order chi connectivity index (χ0) is 33.4. The lowest BCUT2D eigenvalue weighted by molar-refractivity contribution is -0.274. The number of amides is 2. The molecule has 2 aromatic rings. The second-order valence-corrected chi connectivity index (χ2v) is 12.0. The average Bonchev–Trinajstić information content (AvgIpc) is 3.40. The highest BCUT2D eigenvalue weighted by molar-refractivity contribution is 7.89. The molecule has 0 saturated carbocycles. The molecule has 0 radical (unpaired) electrons. The van der Waals surface area contributed by atoms with Crippen LogP contribution >= 0.6 is 0 Å². The van der Waals surface area contributed by atoms with Crippen LogP contribution in [-0.4, -0.2) is 79.8 Å². The minimum Gasteiger partial charge on any atom is -0.406 e. The van der Waals surface area contributed by atoms with Crippen molar-refractivity contribution in [2.24, 2.45) is 10.3 Å². The fraction of sp³-hybridized carbons (Fsp3) is 0.481. The third kappa shape index (κ3) is 10.1. The standard InChI is InChI=1S/C16H21F3N6O4S.C11H13F2NO/c1-11-9-23(15(26)10-25-21-12(2)20-22-25)7-8-24(11)30(27,28)14-5-3-13(4-6-14)29-16(17,18)19;1-2-11(12,13)10-5-3-9(4-6-10)7-14-8-15/h3-6,11-12,21H,7-10H2,1-2H3;3-6,8H,2,7H2,1H3,(H,14,15)/t11-,12?;/m0./s1. The Bertz CT molecular complexity index is 1430. The molecule has 0 bridgehead atoms. The minimum atomic E-state index is -4.86. The van der Waals surface area contributed by atoms with Crippen LogP contribution in [0.5, 0.6) is 5.75 Å². The van der Waals surface area contributed by atoms with Gasteiger partial charge in [-0.1, -0.05) is 36.4 Å². The third-order valence-electron chi connectivity index (χ3n) is 6.75. The van der Waals surface area contributed by atoms with Crippen LogP contribution in [0, 0.1) is 0 Å². The van der Waals surface area contributed by atoms with Crippen molar-refractivity contribution in [3.05, 3.63) is 59.7 Å². The quantitative estimate of drug-likeness (QED) is 0.292. The minimum absolute atomic E-state index is 0.0138. The van der Waals surface area contributed by atoms with Crippen molar-refractivity contribution in [3.63, 3.8) is 0 Å². The Morgan fingerprint density at radius 3 is 2.22 bits per heavy atom. The predicted molar refractivity (Wildman–Crippen MR) is 151 cm³/mol. The molecule has 2 amide bonds.